The van der Waals surface area contributed by atoms with Gasteiger partial charge in [-0.05, 0) is 24.3 Å². The largest absolute Gasteiger partial charge is 0.484 e. The zero-order valence-corrected chi connectivity index (χ0v) is 13.7. The zero-order chi connectivity index (χ0) is 19.3. The van der Waals surface area contributed by atoms with E-state index in [9.17, 15) is 27.2 Å². The average Bonchev–Trinajstić information content (AvgIpc) is 2.61. The van der Waals surface area contributed by atoms with Crippen molar-refractivity contribution < 1.29 is 31.9 Å². The number of benzene rings is 2. The minimum atomic E-state index is -1.72. The summed E-state index contributed by atoms with van der Waals surface area (Å²) in [6.45, 7) is -1.06. The molecule has 0 unspecified atom stereocenters. The third kappa shape index (κ3) is 5.09. The van der Waals surface area contributed by atoms with Gasteiger partial charge >= 0.3 is 0 Å². The molecule has 2 rings (SSSR count). The van der Waals surface area contributed by atoms with Gasteiger partial charge in [0.1, 0.15) is 11.6 Å². The molecular formula is C16H11ClF4N2O3. The van der Waals surface area contributed by atoms with Gasteiger partial charge in [-0.2, -0.15) is 0 Å². The molecule has 0 radical (unpaired) electrons. The normalized spacial score (nSPS) is 10.3. The molecule has 0 saturated heterocycles. The van der Waals surface area contributed by atoms with E-state index >= 15 is 0 Å². The van der Waals surface area contributed by atoms with Gasteiger partial charge < -0.3 is 15.4 Å². The Kier molecular flexibility index (Phi) is 6.40. The molecule has 0 aromatic heterocycles. The number of anilines is 1. The molecule has 5 nitrogen and oxygen atoms in total. The van der Waals surface area contributed by atoms with Gasteiger partial charge in [-0.15, -0.1) is 0 Å². The summed E-state index contributed by atoms with van der Waals surface area (Å²) >= 11 is 5.55. The molecule has 0 heterocycles. The van der Waals surface area contributed by atoms with Crippen LogP contribution in [0.3, 0.4) is 0 Å². The molecule has 2 amide bonds. The number of rotatable bonds is 6. The van der Waals surface area contributed by atoms with Crippen LogP contribution >= 0.6 is 11.6 Å². The fraction of sp³-hybridized carbons (Fsp3) is 0.125. The van der Waals surface area contributed by atoms with Crippen LogP contribution in [0.25, 0.3) is 0 Å². The monoisotopic (exact) mass is 390 g/mol. The van der Waals surface area contributed by atoms with Gasteiger partial charge in [-0.25, -0.2) is 17.6 Å². The van der Waals surface area contributed by atoms with Gasteiger partial charge in [0.15, 0.2) is 24.1 Å². The molecular weight excluding hydrogens is 380 g/mol. The lowest BCUT2D eigenvalue weighted by molar-refractivity contribution is -0.125. The number of nitrogens with one attached hydrogen (secondary N) is 2. The van der Waals surface area contributed by atoms with Gasteiger partial charge in [-0.1, -0.05) is 11.6 Å². The van der Waals surface area contributed by atoms with E-state index in [1.807, 2.05) is 5.32 Å². The van der Waals surface area contributed by atoms with E-state index in [0.29, 0.717) is 6.07 Å². The van der Waals surface area contributed by atoms with E-state index in [2.05, 4.69) is 5.32 Å². The van der Waals surface area contributed by atoms with Gasteiger partial charge in [0, 0.05) is 6.07 Å². The van der Waals surface area contributed by atoms with E-state index in [4.69, 9.17) is 16.3 Å². The molecule has 0 aliphatic carbocycles. The second kappa shape index (κ2) is 8.52. The van der Waals surface area contributed by atoms with Crippen molar-refractivity contribution in [1.82, 2.24) is 5.32 Å². The number of hydrogen-bond donors (Lipinski definition) is 2. The molecule has 0 saturated carbocycles. The predicted molar refractivity (Wildman–Crippen MR) is 84.9 cm³/mol. The molecule has 26 heavy (non-hydrogen) atoms. The van der Waals surface area contributed by atoms with Gasteiger partial charge in [0.2, 0.25) is 5.91 Å². The minimum absolute atomic E-state index is 0.139. The Balaban J connectivity index is 1.80. The molecule has 0 fully saturated rings. The molecule has 2 aromatic rings. The molecule has 0 bridgehead atoms. The van der Waals surface area contributed by atoms with E-state index in [-0.39, 0.29) is 10.8 Å². The molecule has 2 N–H and O–H groups in total. The summed E-state index contributed by atoms with van der Waals surface area (Å²) < 4.78 is 57.3. The SMILES string of the molecule is O=C(COc1ccc(F)c(Cl)c1)NCC(=O)Nc1ccc(F)c(F)c1F. The summed E-state index contributed by atoms with van der Waals surface area (Å²) in [4.78, 5) is 23.2. The highest BCUT2D eigenvalue weighted by Crippen LogP contribution is 2.21. The lowest BCUT2D eigenvalue weighted by Crippen LogP contribution is -2.36. The van der Waals surface area contributed by atoms with E-state index in [1.165, 1.54) is 12.1 Å². The van der Waals surface area contributed by atoms with Crippen molar-refractivity contribution in [3.63, 3.8) is 0 Å². The maximum atomic E-state index is 13.4. The Bertz CT molecular complexity index is 848. The summed E-state index contributed by atoms with van der Waals surface area (Å²) in [6, 6.07) is 4.97. The van der Waals surface area contributed by atoms with Crippen LogP contribution in [0.4, 0.5) is 23.2 Å². The van der Waals surface area contributed by atoms with Crippen molar-refractivity contribution in [2.75, 3.05) is 18.5 Å². The summed E-state index contributed by atoms with van der Waals surface area (Å²) in [7, 11) is 0. The van der Waals surface area contributed by atoms with Crippen molar-refractivity contribution in [3.05, 3.63) is 58.6 Å². The minimum Gasteiger partial charge on any atom is -0.484 e. The molecule has 10 heteroatoms. The van der Waals surface area contributed by atoms with Crippen molar-refractivity contribution in [3.8, 4) is 5.75 Å². The van der Waals surface area contributed by atoms with Crippen molar-refractivity contribution in [2.24, 2.45) is 0 Å². The van der Waals surface area contributed by atoms with Crippen LogP contribution in [0.1, 0.15) is 0 Å². The highest BCUT2D eigenvalue weighted by Gasteiger charge is 2.15. The third-order valence-electron chi connectivity index (χ3n) is 3.02. The Morgan fingerprint density at radius 1 is 0.962 bits per heavy atom. The van der Waals surface area contributed by atoms with Crippen LogP contribution in [0.5, 0.6) is 5.75 Å². The van der Waals surface area contributed by atoms with Crippen LogP contribution in [0.15, 0.2) is 30.3 Å². The molecule has 0 aliphatic rings. The summed E-state index contributed by atoms with van der Waals surface area (Å²) in [5.74, 6) is -6.75. The summed E-state index contributed by atoms with van der Waals surface area (Å²) in [5.41, 5.74) is -0.569. The molecule has 0 atom stereocenters. The second-order valence-corrected chi connectivity index (χ2v) is 5.32. The molecule has 0 spiro atoms. The zero-order valence-electron chi connectivity index (χ0n) is 12.9. The highest BCUT2D eigenvalue weighted by atomic mass is 35.5. The Morgan fingerprint density at radius 3 is 2.35 bits per heavy atom. The number of carbonyl (C=O) groups is 2. The smallest absolute Gasteiger partial charge is 0.258 e. The van der Waals surface area contributed by atoms with Crippen molar-refractivity contribution >= 4 is 29.1 Å². The first-order valence-electron chi connectivity index (χ1n) is 7.06. The first-order valence-corrected chi connectivity index (χ1v) is 7.43. The maximum Gasteiger partial charge on any atom is 0.258 e. The van der Waals surface area contributed by atoms with Gasteiger partial charge in [0.25, 0.3) is 5.91 Å². The standard InChI is InChI=1S/C16H11ClF4N2O3/c17-9-5-8(1-2-10(9)18)26-7-14(25)22-6-13(24)23-12-4-3-11(19)15(20)16(12)21/h1-5H,6-7H2,(H,22,25)(H,23,24). The van der Waals surface area contributed by atoms with E-state index in [0.717, 1.165) is 12.1 Å². The number of halogens is 5. The number of hydrogen-bond acceptors (Lipinski definition) is 3. The summed E-state index contributed by atoms with van der Waals surface area (Å²) in [6.07, 6.45) is 0. The Hall–Kier alpha value is -2.81. The van der Waals surface area contributed by atoms with Crippen LogP contribution < -0.4 is 15.4 Å². The quantitative estimate of drug-likeness (QED) is 0.588. The molecule has 2 aromatic carbocycles. The lowest BCUT2D eigenvalue weighted by Gasteiger charge is -2.09. The topological polar surface area (TPSA) is 67.4 Å². The number of carbonyl (C=O) groups excluding carboxylic acids is 2. The number of ether oxygens (including phenoxy) is 1. The van der Waals surface area contributed by atoms with Crippen LogP contribution in [-0.4, -0.2) is 25.0 Å². The van der Waals surface area contributed by atoms with Crippen LogP contribution in [0, 0.1) is 23.3 Å². The first kappa shape index (κ1) is 19.5. The lowest BCUT2D eigenvalue weighted by atomic mass is 10.2. The van der Waals surface area contributed by atoms with E-state index < -0.39 is 53.9 Å². The third-order valence-corrected chi connectivity index (χ3v) is 3.31. The Morgan fingerprint density at radius 2 is 1.65 bits per heavy atom. The second-order valence-electron chi connectivity index (χ2n) is 4.91. The molecule has 138 valence electrons. The van der Waals surface area contributed by atoms with Crippen LogP contribution in [0.2, 0.25) is 5.02 Å². The van der Waals surface area contributed by atoms with Gasteiger partial charge in [0.05, 0.1) is 17.3 Å². The average molecular weight is 391 g/mol. The van der Waals surface area contributed by atoms with Crippen molar-refractivity contribution in [2.45, 2.75) is 0 Å². The molecule has 0 aliphatic heterocycles. The van der Waals surface area contributed by atoms with Gasteiger partial charge in [-0.3, -0.25) is 9.59 Å². The highest BCUT2D eigenvalue weighted by molar-refractivity contribution is 6.30. The predicted octanol–water partition coefficient (Wildman–Crippen LogP) is 3.03. The first-order chi connectivity index (χ1) is 12.3. The van der Waals surface area contributed by atoms with E-state index in [1.54, 1.807) is 0 Å². The Labute approximate surface area is 149 Å². The fourth-order valence-electron chi connectivity index (χ4n) is 1.76. The number of amides is 2. The van der Waals surface area contributed by atoms with Crippen molar-refractivity contribution in [1.29, 1.82) is 0 Å². The van der Waals surface area contributed by atoms with Crippen LogP contribution in [-0.2, 0) is 9.59 Å². The fourth-order valence-corrected chi connectivity index (χ4v) is 1.93. The summed E-state index contributed by atoms with van der Waals surface area (Å²) in [5, 5.41) is 3.97. The maximum absolute atomic E-state index is 13.4.